The van der Waals surface area contributed by atoms with Gasteiger partial charge in [-0.2, -0.15) is 26.3 Å². The quantitative estimate of drug-likeness (QED) is 0.222. The molecule has 6 nitrogen and oxygen atoms in total. The SMILES string of the molecule is COC[C@@H]1COCCN1CC=CCN1CCN(C(=O)c2cc(C(F)(F)F)cc(C(F)(F)F)c2)[C@H](Cc2ccc(C)c(C)c2)C1.Cl.Cl. The summed E-state index contributed by atoms with van der Waals surface area (Å²) in [4.78, 5) is 19.5. The molecule has 0 spiro atoms. The Kier molecular flexibility index (Phi) is 14.9. The molecule has 0 saturated carbocycles. The summed E-state index contributed by atoms with van der Waals surface area (Å²) >= 11 is 0. The smallest absolute Gasteiger partial charge is 0.383 e. The number of amides is 1. The van der Waals surface area contributed by atoms with E-state index in [9.17, 15) is 31.1 Å². The molecule has 1 amide bonds. The van der Waals surface area contributed by atoms with E-state index in [1.165, 1.54) is 4.90 Å². The number of aryl methyl sites for hydroxylation is 2. The summed E-state index contributed by atoms with van der Waals surface area (Å²) in [6.45, 7) is 8.88. The largest absolute Gasteiger partial charge is 0.416 e. The Morgan fingerprint density at radius 1 is 0.891 bits per heavy atom. The van der Waals surface area contributed by atoms with Gasteiger partial charge in [-0.3, -0.25) is 14.6 Å². The third kappa shape index (κ3) is 10.6. The normalized spacial score (nSPS) is 20.0. The predicted molar refractivity (Wildman–Crippen MR) is 169 cm³/mol. The van der Waals surface area contributed by atoms with Crippen LogP contribution in [0, 0.1) is 13.8 Å². The number of methoxy groups -OCH3 is 1. The lowest BCUT2D eigenvalue weighted by molar-refractivity contribution is -0.143. The molecule has 0 aliphatic carbocycles. The van der Waals surface area contributed by atoms with E-state index in [4.69, 9.17) is 9.47 Å². The number of morpholine rings is 1. The van der Waals surface area contributed by atoms with Crippen molar-refractivity contribution < 1.29 is 40.6 Å². The highest BCUT2D eigenvalue weighted by molar-refractivity contribution is 5.95. The van der Waals surface area contributed by atoms with Crippen LogP contribution >= 0.6 is 24.8 Å². The van der Waals surface area contributed by atoms with Crippen molar-refractivity contribution in [3.63, 3.8) is 0 Å². The summed E-state index contributed by atoms with van der Waals surface area (Å²) in [5, 5.41) is 0. The highest BCUT2D eigenvalue weighted by Crippen LogP contribution is 2.37. The second kappa shape index (κ2) is 17.2. The number of alkyl halides is 6. The van der Waals surface area contributed by atoms with Crippen LogP contribution in [0.2, 0.25) is 0 Å². The van der Waals surface area contributed by atoms with Gasteiger partial charge >= 0.3 is 12.4 Å². The lowest BCUT2D eigenvalue weighted by atomic mass is 9.97. The van der Waals surface area contributed by atoms with Gasteiger partial charge in [0.25, 0.3) is 5.91 Å². The first kappa shape index (κ1) is 39.8. The van der Waals surface area contributed by atoms with Gasteiger partial charge < -0.3 is 14.4 Å². The van der Waals surface area contributed by atoms with Crippen LogP contribution < -0.4 is 0 Å². The predicted octanol–water partition coefficient (Wildman–Crippen LogP) is 6.46. The number of hydrogen-bond donors (Lipinski definition) is 0. The van der Waals surface area contributed by atoms with Crippen LogP contribution in [-0.2, 0) is 28.2 Å². The van der Waals surface area contributed by atoms with E-state index in [-0.39, 0.29) is 43.5 Å². The van der Waals surface area contributed by atoms with Crippen LogP contribution in [-0.4, -0.2) is 98.9 Å². The summed E-state index contributed by atoms with van der Waals surface area (Å²) in [5.41, 5.74) is -0.546. The Morgan fingerprint density at radius 3 is 2.15 bits per heavy atom. The van der Waals surface area contributed by atoms with Gasteiger partial charge in [0.1, 0.15) is 0 Å². The molecular formula is C32H41Cl2F6N3O3. The molecule has 0 aromatic heterocycles. The van der Waals surface area contributed by atoms with Gasteiger partial charge in [0.05, 0.1) is 37.0 Å². The highest BCUT2D eigenvalue weighted by atomic mass is 35.5. The monoisotopic (exact) mass is 699 g/mol. The summed E-state index contributed by atoms with van der Waals surface area (Å²) in [6.07, 6.45) is -5.54. The van der Waals surface area contributed by atoms with Crippen molar-refractivity contribution in [2.75, 3.05) is 66.2 Å². The van der Waals surface area contributed by atoms with Crippen LogP contribution in [0.15, 0.2) is 48.6 Å². The minimum absolute atomic E-state index is 0. The second-order valence-electron chi connectivity index (χ2n) is 11.5. The molecule has 2 saturated heterocycles. The highest BCUT2D eigenvalue weighted by Gasteiger charge is 2.39. The Morgan fingerprint density at radius 2 is 1.54 bits per heavy atom. The third-order valence-corrected chi connectivity index (χ3v) is 8.28. The second-order valence-corrected chi connectivity index (χ2v) is 11.5. The number of rotatable bonds is 9. The maximum absolute atomic E-state index is 13.6. The third-order valence-electron chi connectivity index (χ3n) is 8.28. The maximum Gasteiger partial charge on any atom is 0.416 e. The molecule has 0 bridgehead atoms. The van der Waals surface area contributed by atoms with Crippen molar-refractivity contribution in [2.45, 2.75) is 44.7 Å². The Labute approximate surface area is 278 Å². The lowest BCUT2D eigenvalue weighted by Gasteiger charge is -2.41. The van der Waals surface area contributed by atoms with Crippen molar-refractivity contribution in [3.8, 4) is 0 Å². The van der Waals surface area contributed by atoms with Crippen molar-refractivity contribution in [2.24, 2.45) is 0 Å². The van der Waals surface area contributed by atoms with Gasteiger partial charge in [-0.1, -0.05) is 30.4 Å². The lowest BCUT2D eigenvalue weighted by Crippen LogP contribution is -2.56. The van der Waals surface area contributed by atoms with Crippen LogP contribution in [0.1, 0.15) is 38.2 Å². The van der Waals surface area contributed by atoms with Crippen molar-refractivity contribution in [1.29, 1.82) is 0 Å². The Hall–Kier alpha value is -2.35. The molecule has 0 radical (unpaired) electrons. The number of benzene rings is 2. The summed E-state index contributed by atoms with van der Waals surface area (Å²) in [6, 6.07) is 6.69. The molecular weight excluding hydrogens is 659 g/mol. The van der Waals surface area contributed by atoms with Gasteiger partial charge in [0.15, 0.2) is 0 Å². The number of hydrogen-bond acceptors (Lipinski definition) is 5. The van der Waals surface area contributed by atoms with E-state index >= 15 is 0 Å². The number of piperazine rings is 1. The van der Waals surface area contributed by atoms with Gasteiger partial charge in [-0.05, 0) is 55.2 Å². The standard InChI is InChI=1S/C32H39F6N3O3.2ClH/c1-22-6-7-24(14-23(22)2)15-28-19-39(8-4-5-9-40-12-13-44-21-29(40)20-43-3)10-11-41(28)30(42)25-16-26(31(33,34)35)18-27(17-25)32(36,37)38;;/h4-7,14,16-18,28-29H,8-13,15,19-21H2,1-3H3;2*1H/t28-,29-;;/m1../s1. The average molecular weight is 701 g/mol. The van der Waals surface area contributed by atoms with E-state index < -0.39 is 41.0 Å². The molecule has 2 atom stereocenters. The number of halogens is 8. The maximum atomic E-state index is 13.6. The molecule has 4 rings (SSSR count). The van der Waals surface area contributed by atoms with Crippen LogP contribution in [0.5, 0.6) is 0 Å². The zero-order chi connectivity index (χ0) is 32.1. The van der Waals surface area contributed by atoms with E-state index in [2.05, 4.69) is 15.9 Å². The van der Waals surface area contributed by atoms with Crippen LogP contribution in [0.4, 0.5) is 26.3 Å². The molecule has 14 heteroatoms. The molecule has 2 aliphatic rings. The number of carbonyl (C=O) groups excluding carboxylic acids is 1. The number of nitrogens with zero attached hydrogens (tertiary/aromatic N) is 3. The van der Waals surface area contributed by atoms with Crippen molar-refractivity contribution in [1.82, 2.24) is 14.7 Å². The number of ether oxygens (including phenoxy) is 2. The minimum atomic E-state index is -5.04. The fourth-order valence-electron chi connectivity index (χ4n) is 5.68. The van der Waals surface area contributed by atoms with E-state index in [0.29, 0.717) is 58.0 Å². The van der Waals surface area contributed by atoms with Gasteiger partial charge in [-0.15, -0.1) is 24.8 Å². The Bertz CT molecular complexity index is 1290. The molecule has 2 aromatic carbocycles. The molecule has 2 heterocycles. The first-order valence-corrected chi connectivity index (χ1v) is 14.6. The van der Waals surface area contributed by atoms with Gasteiger partial charge in [0, 0.05) is 58.0 Å². The average Bonchev–Trinajstić information content (AvgIpc) is 2.97. The van der Waals surface area contributed by atoms with Crippen molar-refractivity contribution in [3.05, 3.63) is 81.9 Å². The molecule has 0 unspecified atom stereocenters. The molecule has 258 valence electrons. The Balaban J connectivity index is 0.00000368. The molecule has 2 fully saturated rings. The van der Waals surface area contributed by atoms with Gasteiger partial charge in [-0.25, -0.2) is 0 Å². The topological polar surface area (TPSA) is 45.3 Å². The summed E-state index contributed by atoms with van der Waals surface area (Å²) in [5.74, 6) is -0.845. The summed E-state index contributed by atoms with van der Waals surface area (Å²) < 4.78 is 92.0. The zero-order valence-corrected chi connectivity index (χ0v) is 27.6. The molecule has 46 heavy (non-hydrogen) atoms. The van der Waals surface area contributed by atoms with E-state index in [1.54, 1.807) is 7.11 Å². The fourth-order valence-corrected chi connectivity index (χ4v) is 5.68. The van der Waals surface area contributed by atoms with Crippen molar-refractivity contribution >= 4 is 30.7 Å². The number of carbonyl (C=O) groups is 1. The van der Waals surface area contributed by atoms with Crippen LogP contribution in [0.3, 0.4) is 0 Å². The van der Waals surface area contributed by atoms with E-state index in [1.807, 2.05) is 38.1 Å². The first-order chi connectivity index (χ1) is 20.8. The molecule has 0 N–H and O–H groups in total. The zero-order valence-electron chi connectivity index (χ0n) is 26.0. The molecule has 2 aliphatic heterocycles. The molecule has 2 aromatic rings. The first-order valence-electron chi connectivity index (χ1n) is 14.6. The summed E-state index contributed by atoms with van der Waals surface area (Å²) in [7, 11) is 1.66. The van der Waals surface area contributed by atoms with Crippen LogP contribution in [0.25, 0.3) is 0 Å². The van der Waals surface area contributed by atoms with E-state index in [0.717, 1.165) is 29.8 Å². The van der Waals surface area contributed by atoms with Gasteiger partial charge in [0.2, 0.25) is 0 Å². The fraction of sp³-hybridized carbons (Fsp3) is 0.531. The minimum Gasteiger partial charge on any atom is -0.383 e.